The molecule has 1 heterocycles. The molecular formula is C14H16BrN3O. The Balaban J connectivity index is 2.18. The van der Waals surface area contributed by atoms with Crippen LogP contribution >= 0.6 is 15.9 Å². The molecule has 5 heteroatoms. The standard InChI is InChI=1S/C14H16BrN3O/c1-2-7-16-12-8-14(19)18(17-9-12)10-11-5-3-4-6-13(11)15/h3-6,8-9,16H,2,7,10H2,1H3. The molecule has 1 aromatic heterocycles. The summed E-state index contributed by atoms with van der Waals surface area (Å²) in [6.45, 7) is 3.39. The Hall–Kier alpha value is -1.62. The van der Waals surface area contributed by atoms with Gasteiger partial charge in [-0.2, -0.15) is 5.10 Å². The summed E-state index contributed by atoms with van der Waals surface area (Å²) in [6.07, 6.45) is 2.70. The van der Waals surface area contributed by atoms with E-state index in [9.17, 15) is 4.79 Å². The Bertz CT molecular complexity index is 610. The first-order valence-corrected chi connectivity index (χ1v) is 7.04. The predicted molar refractivity (Wildman–Crippen MR) is 80.5 cm³/mol. The van der Waals surface area contributed by atoms with Crippen LogP contribution in [0, 0.1) is 0 Å². The van der Waals surface area contributed by atoms with Gasteiger partial charge < -0.3 is 5.32 Å². The second-order valence-corrected chi connectivity index (χ2v) is 5.11. The van der Waals surface area contributed by atoms with Crippen molar-refractivity contribution in [3.8, 4) is 0 Å². The first-order chi connectivity index (χ1) is 9.20. The summed E-state index contributed by atoms with van der Waals surface area (Å²) in [5.41, 5.74) is 1.71. The number of nitrogens with one attached hydrogen (secondary N) is 1. The van der Waals surface area contributed by atoms with Gasteiger partial charge in [-0.3, -0.25) is 4.79 Å². The zero-order chi connectivity index (χ0) is 13.7. The lowest BCUT2D eigenvalue weighted by Gasteiger charge is -2.08. The van der Waals surface area contributed by atoms with Crippen LogP contribution in [0.25, 0.3) is 0 Å². The van der Waals surface area contributed by atoms with E-state index >= 15 is 0 Å². The highest BCUT2D eigenvalue weighted by atomic mass is 79.9. The fraction of sp³-hybridized carbons (Fsp3) is 0.286. The molecule has 0 aliphatic rings. The third-order valence-electron chi connectivity index (χ3n) is 2.73. The molecule has 1 N–H and O–H groups in total. The minimum Gasteiger partial charge on any atom is -0.384 e. The van der Waals surface area contributed by atoms with Gasteiger partial charge in [0.15, 0.2) is 0 Å². The van der Waals surface area contributed by atoms with E-state index < -0.39 is 0 Å². The van der Waals surface area contributed by atoms with Crippen LogP contribution in [0.2, 0.25) is 0 Å². The zero-order valence-electron chi connectivity index (χ0n) is 10.8. The van der Waals surface area contributed by atoms with Crippen molar-refractivity contribution in [1.29, 1.82) is 0 Å². The molecule has 0 aliphatic heterocycles. The fourth-order valence-corrected chi connectivity index (χ4v) is 2.12. The number of hydrogen-bond acceptors (Lipinski definition) is 3. The van der Waals surface area contributed by atoms with Gasteiger partial charge in [-0.05, 0) is 18.1 Å². The molecule has 0 fully saturated rings. The van der Waals surface area contributed by atoms with Gasteiger partial charge in [-0.15, -0.1) is 0 Å². The molecular weight excluding hydrogens is 306 g/mol. The Labute approximate surface area is 120 Å². The first kappa shape index (κ1) is 13.8. The van der Waals surface area contributed by atoms with E-state index in [1.807, 2.05) is 24.3 Å². The van der Waals surface area contributed by atoms with E-state index in [-0.39, 0.29) is 5.56 Å². The van der Waals surface area contributed by atoms with E-state index in [0.29, 0.717) is 6.54 Å². The summed E-state index contributed by atoms with van der Waals surface area (Å²) in [4.78, 5) is 12.0. The maximum absolute atomic E-state index is 12.0. The van der Waals surface area contributed by atoms with Crippen molar-refractivity contribution < 1.29 is 0 Å². The van der Waals surface area contributed by atoms with Crippen LogP contribution in [0.5, 0.6) is 0 Å². The van der Waals surface area contributed by atoms with Crippen molar-refractivity contribution in [1.82, 2.24) is 9.78 Å². The lowest BCUT2D eigenvalue weighted by molar-refractivity contribution is 0.638. The molecule has 4 nitrogen and oxygen atoms in total. The largest absolute Gasteiger partial charge is 0.384 e. The van der Waals surface area contributed by atoms with Gasteiger partial charge in [0, 0.05) is 17.1 Å². The van der Waals surface area contributed by atoms with Crippen LogP contribution in [-0.2, 0) is 6.54 Å². The maximum Gasteiger partial charge on any atom is 0.269 e. The minimum absolute atomic E-state index is 0.100. The number of anilines is 1. The smallest absolute Gasteiger partial charge is 0.269 e. The molecule has 0 aliphatic carbocycles. The number of aromatic nitrogens is 2. The molecule has 0 saturated heterocycles. The van der Waals surface area contributed by atoms with Gasteiger partial charge in [-0.25, -0.2) is 4.68 Å². The summed E-state index contributed by atoms with van der Waals surface area (Å²) in [5, 5.41) is 7.34. The number of hydrogen-bond donors (Lipinski definition) is 1. The van der Waals surface area contributed by atoms with Gasteiger partial charge in [0.25, 0.3) is 5.56 Å². The molecule has 0 unspecified atom stereocenters. The van der Waals surface area contributed by atoms with Crippen molar-refractivity contribution in [3.05, 3.63) is 56.9 Å². The van der Waals surface area contributed by atoms with Gasteiger partial charge in [-0.1, -0.05) is 41.1 Å². The van der Waals surface area contributed by atoms with Crippen LogP contribution in [0.4, 0.5) is 5.69 Å². The molecule has 0 radical (unpaired) electrons. The molecule has 0 atom stereocenters. The van der Waals surface area contributed by atoms with Gasteiger partial charge >= 0.3 is 0 Å². The second-order valence-electron chi connectivity index (χ2n) is 4.26. The summed E-state index contributed by atoms with van der Waals surface area (Å²) in [5.74, 6) is 0. The van der Waals surface area contributed by atoms with Crippen molar-refractivity contribution in [3.63, 3.8) is 0 Å². The third-order valence-corrected chi connectivity index (χ3v) is 3.50. The van der Waals surface area contributed by atoms with Gasteiger partial charge in [0.05, 0.1) is 18.4 Å². The van der Waals surface area contributed by atoms with Crippen molar-refractivity contribution in [2.24, 2.45) is 0 Å². The number of rotatable bonds is 5. The summed E-state index contributed by atoms with van der Waals surface area (Å²) in [6, 6.07) is 9.41. The summed E-state index contributed by atoms with van der Waals surface area (Å²) in [7, 11) is 0. The average Bonchev–Trinajstić information content (AvgIpc) is 2.41. The number of nitrogens with zero attached hydrogens (tertiary/aromatic N) is 2. The molecule has 2 rings (SSSR count). The molecule has 0 bridgehead atoms. The zero-order valence-corrected chi connectivity index (χ0v) is 12.4. The van der Waals surface area contributed by atoms with Crippen LogP contribution < -0.4 is 10.9 Å². The Morgan fingerprint density at radius 2 is 2.16 bits per heavy atom. The quantitative estimate of drug-likeness (QED) is 0.921. The highest BCUT2D eigenvalue weighted by molar-refractivity contribution is 9.10. The van der Waals surface area contributed by atoms with Crippen LogP contribution in [-0.4, -0.2) is 16.3 Å². The molecule has 0 spiro atoms. The van der Waals surface area contributed by atoms with E-state index in [1.54, 1.807) is 12.3 Å². The molecule has 0 amide bonds. The minimum atomic E-state index is -0.100. The van der Waals surface area contributed by atoms with Crippen LogP contribution in [0.15, 0.2) is 45.8 Å². The summed E-state index contributed by atoms with van der Waals surface area (Å²) >= 11 is 3.47. The van der Waals surface area contributed by atoms with E-state index in [2.05, 4.69) is 33.3 Å². The predicted octanol–water partition coefficient (Wildman–Crippen LogP) is 2.88. The molecule has 1 aromatic carbocycles. The van der Waals surface area contributed by atoms with E-state index in [0.717, 1.165) is 28.7 Å². The van der Waals surface area contributed by atoms with Gasteiger partial charge in [0.1, 0.15) is 0 Å². The first-order valence-electron chi connectivity index (χ1n) is 6.25. The maximum atomic E-state index is 12.0. The molecule has 19 heavy (non-hydrogen) atoms. The lowest BCUT2D eigenvalue weighted by atomic mass is 10.2. The van der Waals surface area contributed by atoms with Crippen LogP contribution in [0.3, 0.4) is 0 Å². The topological polar surface area (TPSA) is 46.9 Å². The van der Waals surface area contributed by atoms with Gasteiger partial charge in [0.2, 0.25) is 0 Å². The highest BCUT2D eigenvalue weighted by Gasteiger charge is 2.03. The lowest BCUT2D eigenvalue weighted by Crippen LogP contribution is -2.23. The second kappa shape index (κ2) is 6.52. The SMILES string of the molecule is CCCNc1cnn(Cc2ccccc2Br)c(=O)c1. The van der Waals surface area contributed by atoms with Crippen molar-refractivity contribution in [2.75, 3.05) is 11.9 Å². The van der Waals surface area contributed by atoms with Crippen molar-refractivity contribution >= 4 is 21.6 Å². The normalized spacial score (nSPS) is 10.4. The van der Waals surface area contributed by atoms with Crippen molar-refractivity contribution in [2.45, 2.75) is 19.9 Å². The summed E-state index contributed by atoms with van der Waals surface area (Å²) < 4.78 is 2.44. The highest BCUT2D eigenvalue weighted by Crippen LogP contribution is 2.16. The third kappa shape index (κ3) is 3.67. The van der Waals surface area contributed by atoms with Crippen LogP contribution in [0.1, 0.15) is 18.9 Å². The fourth-order valence-electron chi connectivity index (χ4n) is 1.71. The van der Waals surface area contributed by atoms with E-state index in [4.69, 9.17) is 0 Å². The molecule has 2 aromatic rings. The Kier molecular flexibility index (Phi) is 4.74. The number of halogens is 1. The Morgan fingerprint density at radius 1 is 1.37 bits per heavy atom. The average molecular weight is 322 g/mol. The molecule has 100 valence electrons. The Morgan fingerprint density at radius 3 is 2.84 bits per heavy atom. The number of benzene rings is 1. The van der Waals surface area contributed by atoms with E-state index in [1.165, 1.54) is 4.68 Å². The molecule has 0 saturated carbocycles. The monoisotopic (exact) mass is 321 g/mol.